The van der Waals surface area contributed by atoms with E-state index < -0.39 is 0 Å². The van der Waals surface area contributed by atoms with Crippen LogP contribution in [0.25, 0.3) is 0 Å². The highest BCUT2D eigenvalue weighted by atomic mass is 35.5. The summed E-state index contributed by atoms with van der Waals surface area (Å²) in [5.41, 5.74) is 0. The number of rotatable bonds is 8. The number of carbonyl (C=O) groups is 2. The molecule has 2 atom stereocenters. The van der Waals surface area contributed by atoms with E-state index >= 15 is 0 Å². The van der Waals surface area contributed by atoms with Crippen LogP contribution in [0.1, 0.15) is 37.9 Å². The van der Waals surface area contributed by atoms with Gasteiger partial charge in [-0.2, -0.15) is 4.98 Å². The maximum Gasteiger partial charge on any atom is 0.227 e. The maximum absolute atomic E-state index is 13.1. The number of halogens is 1. The predicted octanol–water partition coefficient (Wildman–Crippen LogP) is 2.68. The first-order chi connectivity index (χ1) is 16.9. The van der Waals surface area contributed by atoms with Crippen LogP contribution in [0.5, 0.6) is 5.75 Å². The molecule has 1 aromatic heterocycles. The van der Waals surface area contributed by atoms with Gasteiger partial charge in [-0.1, -0.05) is 23.7 Å². The highest BCUT2D eigenvalue weighted by Gasteiger charge is 2.35. The average Bonchev–Trinajstić information content (AvgIpc) is 3.33. The number of benzene rings is 1. The molecular weight excluding hydrogens is 470 g/mol. The molecule has 2 aliphatic rings. The van der Waals surface area contributed by atoms with Crippen LogP contribution >= 0.6 is 11.6 Å². The maximum atomic E-state index is 13.1. The van der Waals surface area contributed by atoms with E-state index in [9.17, 15) is 9.59 Å². The highest BCUT2D eigenvalue weighted by Crippen LogP contribution is 2.28. The van der Waals surface area contributed by atoms with Gasteiger partial charge in [-0.25, -0.2) is 0 Å². The van der Waals surface area contributed by atoms with Crippen molar-refractivity contribution in [1.82, 2.24) is 24.8 Å². The second-order valence-corrected chi connectivity index (χ2v) is 9.78. The Morgan fingerprint density at radius 2 is 1.83 bits per heavy atom. The summed E-state index contributed by atoms with van der Waals surface area (Å²) in [4.78, 5) is 36.4. The second-order valence-electron chi connectivity index (χ2n) is 9.34. The van der Waals surface area contributed by atoms with E-state index in [1.54, 1.807) is 12.1 Å². The Morgan fingerprint density at radius 3 is 2.51 bits per heavy atom. The van der Waals surface area contributed by atoms with Gasteiger partial charge < -0.3 is 24.0 Å². The molecule has 2 saturated heterocycles. The van der Waals surface area contributed by atoms with Crippen molar-refractivity contribution in [2.45, 2.75) is 45.1 Å². The first-order valence-corrected chi connectivity index (χ1v) is 12.8. The van der Waals surface area contributed by atoms with Crippen molar-refractivity contribution >= 4 is 23.4 Å². The van der Waals surface area contributed by atoms with Gasteiger partial charge in [0.2, 0.25) is 17.7 Å². The normalized spacial score (nSPS) is 21.2. The summed E-state index contributed by atoms with van der Waals surface area (Å²) in [5, 5.41) is 4.54. The van der Waals surface area contributed by atoms with Crippen molar-refractivity contribution in [2.24, 2.45) is 5.92 Å². The molecule has 0 radical (unpaired) electrons. The summed E-state index contributed by atoms with van der Waals surface area (Å²) in [6.45, 7) is 6.25. The first-order valence-electron chi connectivity index (χ1n) is 12.4. The Hall–Kier alpha value is -2.65. The number of aromatic nitrogens is 2. The minimum Gasteiger partial charge on any atom is -0.490 e. The monoisotopic (exact) mass is 503 g/mol. The summed E-state index contributed by atoms with van der Waals surface area (Å²) in [5.74, 6) is 1.92. The van der Waals surface area contributed by atoms with Crippen molar-refractivity contribution in [2.75, 3.05) is 46.3 Å². The Bertz CT molecular complexity index is 990. The van der Waals surface area contributed by atoms with Crippen LogP contribution in [0.4, 0.5) is 0 Å². The summed E-state index contributed by atoms with van der Waals surface area (Å²) < 4.78 is 11.5. The van der Waals surface area contributed by atoms with E-state index in [0.29, 0.717) is 61.9 Å². The van der Waals surface area contributed by atoms with Gasteiger partial charge in [-0.3, -0.25) is 9.59 Å². The second kappa shape index (κ2) is 11.9. The van der Waals surface area contributed by atoms with E-state index in [1.807, 2.05) is 28.9 Å². The number of nitrogens with zero attached hydrogens (tertiary/aromatic N) is 5. The standard InChI is InChI=1S/C25H34ClN5O4/c1-3-22-27-23(35-28-22)8-9-24(32)31-11-10-21(34-20-6-4-19(26)5-7-20)18(17-31)16-25(33)30-14-12-29(2)13-15-30/h4-7,18,21H,3,8-17H2,1-2H3/t18-,21-/m0/s1. The summed E-state index contributed by atoms with van der Waals surface area (Å²) >= 11 is 6.02. The lowest BCUT2D eigenvalue weighted by molar-refractivity contribution is -0.140. The zero-order chi connectivity index (χ0) is 24.8. The molecule has 9 nitrogen and oxygen atoms in total. The Balaban J connectivity index is 1.39. The zero-order valence-corrected chi connectivity index (χ0v) is 21.2. The number of hydrogen-bond acceptors (Lipinski definition) is 7. The number of aryl methyl sites for hydroxylation is 2. The van der Waals surface area contributed by atoms with Crippen LogP contribution in [0.3, 0.4) is 0 Å². The minimum absolute atomic E-state index is 0.0308. The topological polar surface area (TPSA) is 92.0 Å². The van der Waals surface area contributed by atoms with Gasteiger partial charge in [-0.05, 0) is 31.3 Å². The molecule has 35 heavy (non-hydrogen) atoms. The van der Waals surface area contributed by atoms with E-state index in [1.165, 1.54) is 0 Å². The molecule has 2 aromatic rings. The molecule has 2 fully saturated rings. The number of ether oxygens (including phenoxy) is 1. The first kappa shape index (κ1) is 25.4. The van der Waals surface area contributed by atoms with Crippen molar-refractivity contribution in [1.29, 1.82) is 0 Å². The summed E-state index contributed by atoms with van der Waals surface area (Å²) in [7, 11) is 2.07. The number of likely N-dealkylation sites (N-methyl/N-ethyl adjacent to an activating group) is 1. The van der Waals surface area contributed by atoms with Gasteiger partial charge in [-0.15, -0.1) is 0 Å². The third-order valence-electron chi connectivity index (χ3n) is 6.79. The molecule has 190 valence electrons. The lowest BCUT2D eigenvalue weighted by Crippen LogP contribution is -2.51. The number of piperidine rings is 1. The highest BCUT2D eigenvalue weighted by molar-refractivity contribution is 6.30. The lowest BCUT2D eigenvalue weighted by Gasteiger charge is -2.40. The molecule has 0 bridgehead atoms. The third-order valence-corrected chi connectivity index (χ3v) is 7.04. The van der Waals surface area contributed by atoms with Crippen molar-refractivity contribution in [3.05, 3.63) is 41.0 Å². The number of piperazine rings is 1. The van der Waals surface area contributed by atoms with Gasteiger partial charge in [0, 0.05) is 82.3 Å². The summed E-state index contributed by atoms with van der Waals surface area (Å²) in [6, 6.07) is 7.27. The third kappa shape index (κ3) is 6.95. The zero-order valence-electron chi connectivity index (χ0n) is 20.5. The van der Waals surface area contributed by atoms with Crippen LogP contribution in [0.15, 0.2) is 28.8 Å². The minimum atomic E-state index is -0.153. The van der Waals surface area contributed by atoms with E-state index in [4.69, 9.17) is 20.9 Å². The number of carbonyl (C=O) groups excluding carboxylic acids is 2. The molecule has 1 aromatic carbocycles. The van der Waals surface area contributed by atoms with Gasteiger partial charge in [0.1, 0.15) is 11.9 Å². The molecular formula is C25H34ClN5O4. The number of hydrogen-bond donors (Lipinski definition) is 0. The summed E-state index contributed by atoms with van der Waals surface area (Å²) in [6.07, 6.45) is 2.28. The quantitative estimate of drug-likeness (QED) is 0.546. The van der Waals surface area contributed by atoms with Crippen molar-refractivity contribution in [3.8, 4) is 5.75 Å². The molecule has 2 amide bonds. The number of likely N-dealkylation sites (tertiary alicyclic amines) is 1. The van der Waals surface area contributed by atoms with Crippen LogP contribution in [0, 0.1) is 5.92 Å². The lowest BCUT2D eigenvalue weighted by atomic mass is 9.90. The van der Waals surface area contributed by atoms with Crippen molar-refractivity contribution < 1.29 is 18.8 Å². The van der Waals surface area contributed by atoms with Crippen LogP contribution in [0.2, 0.25) is 5.02 Å². The largest absolute Gasteiger partial charge is 0.490 e. The molecule has 3 heterocycles. The Kier molecular flexibility index (Phi) is 8.62. The van der Waals surface area contributed by atoms with Gasteiger partial charge in [0.15, 0.2) is 5.82 Å². The fourth-order valence-corrected chi connectivity index (χ4v) is 4.72. The van der Waals surface area contributed by atoms with Gasteiger partial charge in [0.25, 0.3) is 0 Å². The smallest absolute Gasteiger partial charge is 0.227 e. The molecule has 0 unspecified atom stereocenters. The number of amides is 2. The molecule has 2 aliphatic heterocycles. The SMILES string of the molecule is CCc1noc(CCC(=O)N2CC[C@H](Oc3ccc(Cl)cc3)[C@@H](CC(=O)N3CCN(C)CC3)C2)n1. The van der Waals surface area contributed by atoms with E-state index in [0.717, 1.165) is 31.9 Å². The predicted molar refractivity (Wildman–Crippen MR) is 131 cm³/mol. The molecule has 0 N–H and O–H groups in total. The molecule has 10 heteroatoms. The van der Waals surface area contributed by atoms with E-state index in [2.05, 4.69) is 22.1 Å². The molecule has 0 aliphatic carbocycles. The van der Waals surface area contributed by atoms with Gasteiger partial charge in [0.05, 0.1) is 0 Å². The average molecular weight is 504 g/mol. The fraction of sp³-hybridized carbons (Fsp3) is 0.600. The Labute approximate surface area is 211 Å². The van der Waals surface area contributed by atoms with Crippen LogP contribution in [-0.4, -0.2) is 89.1 Å². The van der Waals surface area contributed by atoms with Crippen LogP contribution in [-0.2, 0) is 22.4 Å². The van der Waals surface area contributed by atoms with Crippen molar-refractivity contribution in [3.63, 3.8) is 0 Å². The molecule has 0 saturated carbocycles. The van der Waals surface area contributed by atoms with E-state index in [-0.39, 0.29) is 23.8 Å². The Morgan fingerprint density at radius 1 is 1.09 bits per heavy atom. The molecule has 4 rings (SSSR count). The van der Waals surface area contributed by atoms with Gasteiger partial charge >= 0.3 is 0 Å². The fourth-order valence-electron chi connectivity index (χ4n) is 4.59. The molecule has 0 spiro atoms. The van der Waals surface area contributed by atoms with Crippen LogP contribution < -0.4 is 4.74 Å².